The van der Waals surface area contributed by atoms with E-state index in [-0.39, 0.29) is 36.8 Å². The van der Waals surface area contributed by atoms with Crippen LogP contribution in [0, 0.1) is 0 Å². The monoisotopic (exact) mass is 522 g/mol. The van der Waals surface area contributed by atoms with Gasteiger partial charge in [-0.05, 0) is 54.3 Å². The summed E-state index contributed by atoms with van der Waals surface area (Å²) in [6, 6.07) is 17.0. The molecule has 0 aliphatic carbocycles. The van der Waals surface area contributed by atoms with Crippen molar-refractivity contribution in [2.75, 3.05) is 13.2 Å². The maximum atomic E-state index is 13.1. The van der Waals surface area contributed by atoms with Crippen LogP contribution in [0.15, 0.2) is 60.8 Å². The first-order valence-corrected chi connectivity index (χ1v) is 12.3. The van der Waals surface area contributed by atoms with Crippen molar-refractivity contribution in [1.29, 1.82) is 0 Å². The number of nitrogens with zero attached hydrogens (tertiary/aromatic N) is 2. The minimum atomic E-state index is -0.747. The Bertz CT molecular complexity index is 1270. The predicted molar refractivity (Wildman–Crippen MR) is 142 cm³/mol. The second kappa shape index (κ2) is 11.7. The third kappa shape index (κ3) is 5.77. The van der Waals surface area contributed by atoms with Crippen molar-refractivity contribution in [1.82, 2.24) is 20.5 Å². The molecule has 0 bridgehead atoms. The second-order valence-corrected chi connectivity index (χ2v) is 9.16. The molecule has 2 atom stereocenters. The van der Waals surface area contributed by atoms with Gasteiger partial charge >= 0.3 is 0 Å². The van der Waals surface area contributed by atoms with Gasteiger partial charge < -0.3 is 25.4 Å². The molecule has 2 aromatic carbocycles. The summed E-state index contributed by atoms with van der Waals surface area (Å²) in [4.78, 5) is 32.2. The van der Waals surface area contributed by atoms with Crippen LogP contribution in [0.4, 0.5) is 0 Å². The number of pyridine rings is 1. The minimum Gasteiger partial charge on any atom is -0.493 e. The highest BCUT2D eigenvalue weighted by molar-refractivity contribution is 6.03. The molecule has 0 saturated heterocycles. The molecule has 0 saturated carbocycles. The Morgan fingerprint density at radius 1 is 1.19 bits per heavy atom. The van der Waals surface area contributed by atoms with Crippen LogP contribution in [-0.2, 0) is 26.1 Å². The molecule has 3 aromatic rings. The molecule has 0 radical (unpaired) electrons. The average Bonchev–Trinajstić information content (AvgIpc) is 3.21. The van der Waals surface area contributed by atoms with E-state index < -0.39 is 6.10 Å². The van der Waals surface area contributed by atoms with Gasteiger partial charge in [-0.15, -0.1) is 12.4 Å². The number of halogens is 1. The number of nitrogens with one attached hydrogen (secondary N) is 2. The molecule has 194 valence electrons. The smallest absolute Gasteiger partial charge is 0.255 e. The number of ether oxygens (including phenoxy) is 1. The third-order valence-electron chi connectivity index (χ3n) is 6.76. The van der Waals surface area contributed by atoms with Gasteiger partial charge in [-0.25, -0.2) is 0 Å². The number of fused-ring (bicyclic) bond motifs is 2. The maximum Gasteiger partial charge on any atom is 0.255 e. The van der Waals surface area contributed by atoms with Gasteiger partial charge in [-0.1, -0.05) is 30.3 Å². The molecule has 0 unspecified atom stereocenters. The largest absolute Gasteiger partial charge is 0.493 e. The first kappa shape index (κ1) is 26.6. The van der Waals surface area contributed by atoms with Gasteiger partial charge in [0.15, 0.2) is 0 Å². The van der Waals surface area contributed by atoms with Crippen LogP contribution in [0.25, 0.3) is 0 Å². The van der Waals surface area contributed by atoms with Crippen LogP contribution in [-0.4, -0.2) is 52.1 Å². The minimum absolute atomic E-state index is 0. The number of hydrogen-bond acceptors (Lipinski definition) is 6. The number of aliphatic hydroxyl groups is 1. The lowest BCUT2D eigenvalue weighted by molar-refractivity contribution is 0.0764. The third-order valence-corrected chi connectivity index (χ3v) is 6.76. The lowest BCUT2D eigenvalue weighted by Crippen LogP contribution is -2.49. The Morgan fingerprint density at radius 3 is 2.73 bits per heavy atom. The van der Waals surface area contributed by atoms with E-state index in [4.69, 9.17) is 4.74 Å². The van der Waals surface area contributed by atoms with Crippen molar-refractivity contribution in [3.63, 3.8) is 0 Å². The topological polar surface area (TPSA) is 104 Å². The standard InChI is InChI=1S/C28H30N4O4.ClH/c1-2-36-26-13-22-20(16-32(28(22)35)17-21-9-5-6-10-29-21)11-23(26)27(34)31-15-25(33)24-12-18-7-3-4-8-19(18)14-30-24;/h3-11,13,24-25,30,33H,2,12,14-17H2,1H3,(H,31,34);1H/t24-,25+;/m0./s1. The Morgan fingerprint density at radius 2 is 1.97 bits per heavy atom. The summed E-state index contributed by atoms with van der Waals surface area (Å²) >= 11 is 0. The number of amides is 2. The Balaban J connectivity index is 0.00000320. The molecular weight excluding hydrogens is 492 g/mol. The number of rotatable bonds is 8. The summed E-state index contributed by atoms with van der Waals surface area (Å²) < 4.78 is 5.73. The van der Waals surface area contributed by atoms with Gasteiger partial charge in [-0.2, -0.15) is 0 Å². The normalized spacial score (nSPS) is 16.9. The maximum absolute atomic E-state index is 13.1. The molecule has 3 heterocycles. The molecule has 3 N–H and O–H groups in total. The van der Waals surface area contributed by atoms with Crippen LogP contribution >= 0.6 is 12.4 Å². The van der Waals surface area contributed by atoms with Crippen molar-refractivity contribution in [2.24, 2.45) is 0 Å². The molecule has 2 aliphatic rings. The quantitative estimate of drug-likeness (QED) is 0.420. The van der Waals surface area contributed by atoms with Crippen molar-refractivity contribution in [3.8, 4) is 5.75 Å². The highest BCUT2D eigenvalue weighted by Crippen LogP contribution is 2.31. The molecule has 9 heteroatoms. The second-order valence-electron chi connectivity index (χ2n) is 9.16. The number of benzene rings is 2. The van der Waals surface area contributed by atoms with E-state index in [1.165, 1.54) is 11.1 Å². The van der Waals surface area contributed by atoms with Gasteiger partial charge in [0.1, 0.15) is 5.75 Å². The van der Waals surface area contributed by atoms with Crippen LogP contribution in [0.2, 0.25) is 0 Å². The SMILES string of the molecule is CCOc1cc2c(cc1C(=O)NC[C@@H](O)[C@@H]1Cc3ccccc3CN1)CN(Cc1ccccn1)C2=O.Cl. The Hall–Kier alpha value is -3.46. The summed E-state index contributed by atoms with van der Waals surface area (Å²) in [5.41, 5.74) is 4.92. The molecule has 0 fully saturated rings. The molecule has 0 spiro atoms. The van der Waals surface area contributed by atoms with E-state index in [1.807, 2.05) is 37.3 Å². The number of carbonyl (C=O) groups is 2. The van der Waals surface area contributed by atoms with Gasteiger partial charge in [0.2, 0.25) is 0 Å². The summed E-state index contributed by atoms with van der Waals surface area (Å²) in [7, 11) is 0. The van der Waals surface area contributed by atoms with Crippen LogP contribution in [0.5, 0.6) is 5.75 Å². The van der Waals surface area contributed by atoms with E-state index in [1.54, 1.807) is 23.2 Å². The summed E-state index contributed by atoms with van der Waals surface area (Å²) in [6.45, 7) is 3.77. The van der Waals surface area contributed by atoms with E-state index in [2.05, 4.69) is 27.8 Å². The summed E-state index contributed by atoms with van der Waals surface area (Å²) in [5.74, 6) is -0.0873. The zero-order valence-corrected chi connectivity index (χ0v) is 21.5. The number of aliphatic hydroxyl groups excluding tert-OH is 1. The zero-order valence-electron chi connectivity index (χ0n) is 20.6. The fraction of sp³-hybridized carbons (Fsp3) is 0.321. The zero-order chi connectivity index (χ0) is 25.1. The van der Waals surface area contributed by atoms with Crippen LogP contribution in [0.1, 0.15) is 50.0 Å². The highest BCUT2D eigenvalue weighted by atomic mass is 35.5. The van der Waals surface area contributed by atoms with Gasteiger partial charge in [-0.3, -0.25) is 14.6 Å². The first-order valence-electron chi connectivity index (χ1n) is 12.3. The number of aromatic nitrogens is 1. The van der Waals surface area contributed by atoms with Gasteiger partial charge in [0, 0.05) is 37.4 Å². The molecule has 8 nitrogen and oxygen atoms in total. The van der Waals surface area contributed by atoms with Crippen molar-refractivity contribution in [3.05, 3.63) is 94.3 Å². The Labute approximate surface area is 222 Å². The average molecular weight is 523 g/mol. The van der Waals surface area contributed by atoms with E-state index >= 15 is 0 Å². The molecule has 1 aromatic heterocycles. The Kier molecular flexibility index (Phi) is 8.43. The summed E-state index contributed by atoms with van der Waals surface area (Å²) in [5, 5.41) is 17.0. The van der Waals surface area contributed by atoms with Gasteiger partial charge in [0.05, 0.1) is 30.5 Å². The van der Waals surface area contributed by atoms with Crippen LogP contribution in [0.3, 0.4) is 0 Å². The number of carbonyl (C=O) groups excluding carboxylic acids is 2. The number of hydrogen-bond donors (Lipinski definition) is 3. The van der Waals surface area contributed by atoms with Crippen LogP contribution < -0.4 is 15.4 Å². The predicted octanol–water partition coefficient (Wildman–Crippen LogP) is 2.86. The lowest BCUT2D eigenvalue weighted by Gasteiger charge is -2.30. The fourth-order valence-electron chi connectivity index (χ4n) is 4.86. The van der Waals surface area contributed by atoms with Crippen molar-refractivity contribution < 1.29 is 19.4 Å². The first-order chi connectivity index (χ1) is 17.5. The van der Waals surface area contributed by atoms with Crippen molar-refractivity contribution in [2.45, 2.75) is 45.1 Å². The molecular formula is C28H31ClN4O4. The van der Waals surface area contributed by atoms with Gasteiger partial charge in [0.25, 0.3) is 11.8 Å². The van der Waals surface area contributed by atoms with E-state index in [0.29, 0.717) is 49.5 Å². The van der Waals surface area contributed by atoms with E-state index in [0.717, 1.165) is 11.3 Å². The molecule has 2 amide bonds. The summed E-state index contributed by atoms with van der Waals surface area (Å²) in [6.07, 6.45) is 1.65. The highest BCUT2D eigenvalue weighted by Gasteiger charge is 2.31. The van der Waals surface area contributed by atoms with E-state index in [9.17, 15) is 14.7 Å². The lowest BCUT2D eigenvalue weighted by atomic mass is 9.93. The molecule has 2 aliphatic heterocycles. The molecule has 5 rings (SSSR count). The fourth-order valence-corrected chi connectivity index (χ4v) is 4.86. The molecule has 37 heavy (non-hydrogen) atoms. The van der Waals surface area contributed by atoms with Crippen molar-refractivity contribution >= 4 is 24.2 Å².